The SMILES string of the molecule is CC1CCN(C(=O)[C@@H](C2CCCC2)N2CCN(C(=O)c3ccc(F)cc3F)CC2)CC1. The number of likely N-dealkylation sites (tertiary alicyclic amines) is 1. The Labute approximate surface area is 183 Å². The second-order valence-electron chi connectivity index (χ2n) is 9.45. The molecule has 7 heteroatoms. The molecule has 3 fully saturated rings. The highest BCUT2D eigenvalue weighted by Gasteiger charge is 2.40. The summed E-state index contributed by atoms with van der Waals surface area (Å²) in [6.07, 6.45) is 6.64. The average molecular weight is 434 g/mol. The van der Waals surface area contributed by atoms with Gasteiger partial charge in [-0.1, -0.05) is 19.8 Å². The number of rotatable bonds is 4. The lowest BCUT2D eigenvalue weighted by molar-refractivity contribution is -0.141. The Balaban J connectivity index is 1.42. The van der Waals surface area contributed by atoms with Crippen LogP contribution < -0.4 is 0 Å². The molecule has 0 radical (unpaired) electrons. The molecule has 0 spiro atoms. The van der Waals surface area contributed by atoms with Crippen LogP contribution in [0.3, 0.4) is 0 Å². The van der Waals surface area contributed by atoms with E-state index in [4.69, 9.17) is 0 Å². The summed E-state index contributed by atoms with van der Waals surface area (Å²) in [5, 5.41) is 0. The Morgan fingerprint density at radius 3 is 2.16 bits per heavy atom. The van der Waals surface area contributed by atoms with Gasteiger partial charge in [-0.2, -0.15) is 0 Å². The zero-order valence-corrected chi connectivity index (χ0v) is 18.4. The van der Waals surface area contributed by atoms with Gasteiger partial charge in [-0.15, -0.1) is 0 Å². The molecule has 4 rings (SSSR count). The first-order valence-corrected chi connectivity index (χ1v) is 11.7. The molecule has 0 N–H and O–H groups in total. The van der Waals surface area contributed by atoms with Crippen molar-refractivity contribution in [3.63, 3.8) is 0 Å². The van der Waals surface area contributed by atoms with Crippen molar-refractivity contribution >= 4 is 11.8 Å². The average Bonchev–Trinajstić information content (AvgIpc) is 3.29. The van der Waals surface area contributed by atoms with Crippen LogP contribution in [-0.4, -0.2) is 71.8 Å². The second kappa shape index (κ2) is 9.63. The van der Waals surface area contributed by atoms with Gasteiger partial charge in [-0.25, -0.2) is 8.78 Å². The number of benzene rings is 1. The highest BCUT2D eigenvalue weighted by Crippen LogP contribution is 2.33. The first kappa shape index (κ1) is 22.2. The van der Waals surface area contributed by atoms with Crippen molar-refractivity contribution in [1.29, 1.82) is 0 Å². The summed E-state index contributed by atoms with van der Waals surface area (Å²) in [6.45, 7) is 6.03. The summed E-state index contributed by atoms with van der Waals surface area (Å²) in [5.74, 6) is -0.622. The van der Waals surface area contributed by atoms with Gasteiger partial charge in [-0.3, -0.25) is 14.5 Å². The summed E-state index contributed by atoms with van der Waals surface area (Å²) in [4.78, 5) is 32.2. The zero-order chi connectivity index (χ0) is 22.0. The largest absolute Gasteiger partial charge is 0.341 e. The Hall–Kier alpha value is -2.02. The number of carbonyl (C=O) groups is 2. The first-order valence-electron chi connectivity index (χ1n) is 11.7. The molecule has 0 bridgehead atoms. The van der Waals surface area contributed by atoms with Crippen LogP contribution in [0, 0.1) is 23.5 Å². The molecule has 0 unspecified atom stereocenters. The van der Waals surface area contributed by atoms with Gasteiger partial charge < -0.3 is 9.80 Å². The number of amides is 2. The monoisotopic (exact) mass is 433 g/mol. The summed E-state index contributed by atoms with van der Waals surface area (Å²) in [7, 11) is 0. The van der Waals surface area contributed by atoms with Crippen molar-refractivity contribution in [2.45, 2.75) is 51.5 Å². The van der Waals surface area contributed by atoms with Crippen LogP contribution in [0.1, 0.15) is 55.8 Å². The van der Waals surface area contributed by atoms with Crippen molar-refractivity contribution in [3.05, 3.63) is 35.4 Å². The molecular weight excluding hydrogens is 400 g/mol. The van der Waals surface area contributed by atoms with E-state index in [9.17, 15) is 18.4 Å². The van der Waals surface area contributed by atoms with E-state index < -0.39 is 17.5 Å². The van der Waals surface area contributed by atoms with E-state index in [0.29, 0.717) is 38.0 Å². The molecule has 1 saturated carbocycles. The molecule has 2 saturated heterocycles. The van der Waals surface area contributed by atoms with E-state index in [1.54, 1.807) is 4.90 Å². The number of hydrogen-bond donors (Lipinski definition) is 0. The molecular formula is C24H33F2N3O2. The van der Waals surface area contributed by atoms with Gasteiger partial charge in [0.15, 0.2) is 0 Å². The van der Waals surface area contributed by atoms with E-state index in [1.165, 1.54) is 18.9 Å². The van der Waals surface area contributed by atoms with E-state index in [2.05, 4.69) is 16.7 Å². The molecule has 2 amide bonds. The molecule has 1 aromatic rings. The topological polar surface area (TPSA) is 43.9 Å². The van der Waals surface area contributed by atoms with Crippen molar-refractivity contribution in [1.82, 2.24) is 14.7 Å². The molecule has 3 aliphatic rings. The number of nitrogens with zero attached hydrogens (tertiary/aromatic N) is 3. The van der Waals surface area contributed by atoms with Gasteiger partial charge >= 0.3 is 0 Å². The Bertz CT molecular complexity index is 796. The Morgan fingerprint density at radius 2 is 1.55 bits per heavy atom. The molecule has 170 valence electrons. The fourth-order valence-corrected chi connectivity index (χ4v) is 5.38. The lowest BCUT2D eigenvalue weighted by atomic mass is 9.92. The molecule has 1 aliphatic carbocycles. The maximum Gasteiger partial charge on any atom is 0.256 e. The van der Waals surface area contributed by atoms with Gasteiger partial charge in [0.25, 0.3) is 5.91 Å². The molecule has 0 aromatic heterocycles. The Kier molecular flexibility index (Phi) is 6.89. The molecule has 2 aliphatic heterocycles. The lowest BCUT2D eigenvalue weighted by Gasteiger charge is -2.43. The quantitative estimate of drug-likeness (QED) is 0.730. The van der Waals surface area contributed by atoms with E-state index in [0.717, 1.165) is 50.9 Å². The maximum atomic E-state index is 14.1. The summed E-state index contributed by atoms with van der Waals surface area (Å²) < 4.78 is 27.2. The second-order valence-corrected chi connectivity index (χ2v) is 9.45. The maximum absolute atomic E-state index is 14.1. The Morgan fingerprint density at radius 1 is 0.903 bits per heavy atom. The van der Waals surface area contributed by atoms with Crippen LogP contribution in [0.25, 0.3) is 0 Å². The van der Waals surface area contributed by atoms with Gasteiger partial charge in [-0.05, 0) is 49.7 Å². The van der Waals surface area contributed by atoms with Crippen molar-refractivity contribution in [2.24, 2.45) is 11.8 Å². The highest BCUT2D eigenvalue weighted by atomic mass is 19.1. The third-order valence-electron chi connectivity index (χ3n) is 7.35. The number of piperazine rings is 1. The molecule has 31 heavy (non-hydrogen) atoms. The minimum atomic E-state index is -0.828. The van der Waals surface area contributed by atoms with Gasteiger partial charge in [0.1, 0.15) is 11.6 Å². The number of piperidine rings is 1. The summed E-state index contributed by atoms with van der Waals surface area (Å²) in [5.41, 5.74) is -0.0966. The number of hydrogen-bond acceptors (Lipinski definition) is 3. The molecule has 1 atom stereocenters. The fraction of sp³-hybridized carbons (Fsp3) is 0.667. The van der Waals surface area contributed by atoms with Crippen LogP contribution in [0.15, 0.2) is 18.2 Å². The predicted molar refractivity (Wildman–Crippen MR) is 115 cm³/mol. The minimum Gasteiger partial charge on any atom is -0.341 e. The molecule has 2 heterocycles. The van der Waals surface area contributed by atoms with Crippen molar-refractivity contribution in [3.8, 4) is 0 Å². The van der Waals surface area contributed by atoms with E-state index in [-0.39, 0.29) is 17.5 Å². The summed E-state index contributed by atoms with van der Waals surface area (Å²) >= 11 is 0. The van der Waals surface area contributed by atoms with E-state index in [1.807, 2.05) is 0 Å². The number of halogens is 2. The zero-order valence-electron chi connectivity index (χ0n) is 18.4. The normalized spacial score (nSPS) is 22.7. The van der Waals surface area contributed by atoms with Gasteiger partial charge in [0.05, 0.1) is 11.6 Å². The van der Waals surface area contributed by atoms with Crippen molar-refractivity contribution in [2.75, 3.05) is 39.3 Å². The van der Waals surface area contributed by atoms with Crippen LogP contribution in [0.2, 0.25) is 0 Å². The predicted octanol–water partition coefficient (Wildman–Crippen LogP) is 3.54. The third kappa shape index (κ3) is 4.92. The van der Waals surface area contributed by atoms with Crippen LogP contribution in [0.4, 0.5) is 8.78 Å². The van der Waals surface area contributed by atoms with Crippen LogP contribution >= 0.6 is 0 Å². The summed E-state index contributed by atoms with van der Waals surface area (Å²) in [6, 6.07) is 2.95. The van der Waals surface area contributed by atoms with Gasteiger partial charge in [0, 0.05) is 45.3 Å². The third-order valence-corrected chi connectivity index (χ3v) is 7.35. The lowest BCUT2D eigenvalue weighted by Crippen LogP contribution is -2.59. The van der Waals surface area contributed by atoms with Gasteiger partial charge in [0.2, 0.25) is 5.91 Å². The fourth-order valence-electron chi connectivity index (χ4n) is 5.38. The minimum absolute atomic E-state index is 0.0966. The highest BCUT2D eigenvalue weighted by molar-refractivity contribution is 5.94. The standard InChI is InChI=1S/C24H33F2N3O2/c1-17-8-10-28(11-9-17)24(31)22(18-4-2-3-5-18)27-12-14-29(15-13-27)23(30)20-7-6-19(25)16-21(20)26/h6-7,16-18,22H,2-5,8-15H2,1H3/t22-/m1/s1. The first-order chi connectivity index (χ1) is 14.9. The van der Waals surface area contributed by atoms with Crippen LogP contribution in [0.5, 0.6) is 0 Å². The molecule has 1 aromatic carbocycles. The smallest absolute Gasteiger partial charge is 0.256 e. The van der Waals surface area contributed by atoms with Crippen LogP contribution in [-0.2, 0) is 4.79 Å². The van der Waals surface area contributed by atoms with Crippen molar-refractivity contribution < 1.29 is 18.4 Å². The number of carbonyl (C=O) groups excluding carboxylic acids is 2. The van der Waals surface area contributed by atoms with E-state index >= 15 is 0 Å². The molecule has 5 nitrogen and oxygen atoms in total.